The summed E-state index contributed by atoms with van der Waals surface area (Å²) < 4.78 is 36.0. The quantitative estimate of drug-likeness (QED) is 0.722. The molecule has 0 fully saturated rings. The van der Waals surface area contributed by atoms with Crippen LogP contribution in [0.4, 0.5) is 13.2 Å². The molecule has 0 bridgehead atoms. The lowest BCUT2D eigenvalue weighted by Crippen LogP contribution is -2.14. The molecule has 0 N–H and O–H groups in total. The molecule has 0 saturated heterocycles. The van der Waals surface area contributed by atoms with Crippen LogP contribution in [0.5, 0.6) is 0 Å². The van der Waals surface area contributed by atoms with Crippen LogP contribution in [0, 0.1) is 0 Å². The minimum absolute atomic E-state index is 0.0519. The van der Waals surface area contributed by atoms with Gasteiger partial charge < -0.3 is 0 Å². The molecule has 6 heteroatoms. The van der Waals surface area contributed by atoms with E-state index in [1.54, 1.807) is 6.92 Å². The van der Waals surface area contributed by atoms with E-state index in [-0.39, 0.29) is 11.0 Å². The van der Waals surface area contributed by atoms with Crippen molar-refractivity contribution in [2.75, 3.05) is 0 Å². The van der Waals surface area contributed by atoms with E-state index >= 15 is 0 Å². The highest BCUT2D eigenvalue weighted by atomic mass is 35.5. The van der Waals surface area contributed by atoms with E-state index in [4.69, 9.17) is 11.6 Å². The minimum atomic E-state index is -4.30. The molecule has 2 nitrogen and oxygen atoms in total. The minimum Gasteiger partial charge on any atom is -0.237 e. The third kappa shape index (κ3) is 3.49. The Morgan fingerprint density at radius 2 is 2.00 bits per heavy atom. The van der Waals surface area contributed by atoms with Gasteiger partial charge >= 0.3 is 6.18 Å². The van der Waals surface area contributed by atoms with Gasteiger partial charge in [-0.1, -0.05) is 18.5 Å². The first-order valence-electron chi connectivity index (χ1n) is 4.00. The average molecular weight is 225 g/mol. The summed E-state index contributed by atoms with van der Waals surface area (Å²) in [6.07, 6.45) is -4.90. The number of halogens is 4. The number of hydrogen-bond donors (Lipinski definition) is 0. The fraction of sp³-hybridized carbons (Fsp3) is 0.500. The van der Waals surface area contributed by atoms with Crippen LogP contribution < -0.4 is 0 Å². The Balaban J connectivity index is 2.92. The van der Waals surface area contributed by atoms with Gasteiger partial charge in [0.15, 0.2) is 0 Å². The lowest BCUT2D eigenvalue weighted by Gasteiger charge is -2.06. The monoisotopic (exact) mass is 224 g/mol. The van der Waals surface area contributed by atoms with Crippen molar-refractivity contribution >= 4 is 11.6 Å². The molecule has 1 aromatic rings. The van der Waals surface area contributed by atoms with Crippen LogP contribution in [-0.4, -0.2) is 16.1 Å². The summed E-state index contributed by atoms with van der Waals surface area (Å²) >= 11 is 5.54. The van der Waals surface area contributed by atoms with E-state index in [1.807, 2.05) is 0 Å². The zero-order valence-electron chi connectivity index (χ0n) is 7.40. The predicted octanol–water partition coefficient (Wildman–Crippen LogP) is 2.80. The fourth-order valence-corrected chi connectivity index (χ4v) is 1.18. The number of hydrogen-bond acceptors (Lipinski definition) is 2. The van der Waals surface area contributed by atoms with Gasteiger partial charge in [-0.05, 0) is 12.5 Å². The molecule has 0 amide bonds. The first-order valence-corrected chi connectivity index (χ1v) is 4.37. The molecular weight excluding hydrogens is 217 g/mol. The van der Waals surface area contributed by atoms with Gasteiger partial charge in [0, 0.05) is 5.69 Å². The Morgan fingerprint density at radius 1 is 1.36 bits per heavy atom. The molecule has 1 heterocycles. The van der Waals surface area contributed by atoms with Crippen molar-refractivity contribution in [2.45, 2.75) is 25.9 Å². The van der Waals surface area contributed by atoms with Crippen molar-refractivity contribution in [3.63, 3.8) is 0 Å². The molecule has 0 saturated carbocycles. The van der Waals surface area contributed by atoms with Crippen LogP contribution in [0.25, 0.3) is 0 Å². The van der Waals surface area contributed by atoms with E-state index < -0.39 is 12.6 Å². The third-order valence-electron chi connectivity index (χ3n) is 1.52. The SMILES string of the molecule is CCc1cc(Cl)nc(CC(F)(F)F)n1. The van der Waals surface area contributed by atoms with Crippen LogP contribution in [0.3, 0.4) is 0 Å². The van der Waals surface area contributed by atoms with E-state index in [9.17, 15) is 13.2 Å². The molecule has 0 aliphatic carbocycles. The Hall–Kier alpha value is -0.840. The van der Waals surface area contributed by atoms with E-state index in [2.05, 4.69) is 9.97 Å². The second-order valence-electron chi connectivity index (χ2n) is 2.74. The largest absolute Gasteiger partial charge is 0.396 e. The van der Waals surface area contributed by atoms with Crippen molar-refractivity contribution in [1.29, 1.82) is 0 Å². The first-order chi connectivity index (χ1) is 6.40. The molecule has 0 aromatic carbocycles. The highest BCUT2D eigenvalue weighted by Crippen LogP contribution is 2.20. The standard InChI is InChI=1S/C8H8ClF3N2/c1-2-5-3-6(9)14-7(13-5)4-8(10,11)12/h3H,2,4H2,1H3. The lowest BCUT2D eigenvalue weighted by atomic mass is 10.3. The molecule has 1 rings (SSSR count). The molecule has 14 heavy (non-hydrogen) atoms. The van der Waals surface area contributed by atoms with Gasteiger partial charge in [-0.2, -0.15) is 13.2 Å². The highest BCUT2D eigenvalue weighted by molar-refractivity contribution is 6.29. The zero-order chi connectivity index (χ0) is 10.8. The normalized spacial score (nSPS) is 11.8. The van der Waals surface area contributed by atoms with Gasteiger partial charge in [0.05, 0.1) is 0 Å². The molecule has 0 radical (unpaired) electrons. The van der Waals surface area contributed by atoms with Crippen LogP contribution in [0.2, 0.25) is 5.15 Å². The smallest absolute Gasteiger partial charge is 0.237 e. The summed E-state index contributed by atoms with van der Waals surface area (Å²) in [7, 11) is 0. The number of alkyl halides is 3. The molecular formula is C8H8ClF3N2. The maximum absolute atomic E-state index is 12.0. The van der Waals surface area contributed by atoms with Gasteiger partial charge in [-0.15, -0.1) is 0 Å². The van der Waals surface area contributed by atoms with Gasteiger partial charge in [0.25, 0.3) is 0 Å². The highest BCUT2D eigenvalue weighted by Gasteiger charge is 2.29. The summed E-state index contributed by atoms with van der Waals surface area (Å²) in [5, 5.41) is 0.0519. The van der Waals surface area contributed by atoms with Crippen molar-refractivity contribution in [3.8, 4) is 0 Å². The van der Waals surface area contributed by atoms with Crippen LogP contribution >= 0.6 is 11.6 Å². The number of nitrogens with zero attached hydrogens (tertiary/aromatic N) is 2. The molecule has 0 aliphatic heterocycles. The molecule has 1 aromatic heterocycles. The van der Waals surface area contributed by atoms with Crippen molar-refractivity contribution in [3.05, 3.63) is 22.7 Å². The summed E-state index contributed by atoms with van der Waals surface area (Å²) in [4.78, 5) is 7.22. The van der Waals surface area contributed by atoms with E-state index in [1.165, 1.54) is 6.07 Å². The summed E-state index contributed by atoms with van der Waals surface area (Å²) in [6.45, 7) is 1.79. The number of rotatable bonds is 2. The predicted molar refractivity (Wildman–Crippen MR) is 46.2 cm³/mol. The topological polar surface area (TPSA) is 25.8 Å². The van der Waals surface area contributed by atoms with Crippen molar-refractivity contribution in [1.82, 2.24) is 9.97 Å². The Kier molecular flexibility index (Phi) is 3.31. The zero-order valence-corrected chi connectivity index (χ0v) is 8.15. The maximum Gasteiger partial charge on any atom is 0.396 e. The average Bonchev–Trinajstić information content (AvgIpc) is 1.99. The molecule has 0 atom stereocenters. The Bertz CT molecular complexity index is 325. The van der Waals surface area contributed by atoms with Crippen LogP contribution in [0.15, 0.2) is 6.07 Å². The fourth-order valence-electron chi connectivity index (χ4n) is 0.956. The summed E-state index contributed by atoms with van der Waals surface area (Å²) in [5.74, 6) is -0.276. The van der Waals surface area contributed by atoms with E-state index in [0.717, 1.165) is 0 Å². The third-order valence-corrected chi connectivity index (χ3v) is 1.71. The summed E-state index contributed by atoms with van der Waals surface area (Å²) in [6, 6.07) is 1.46. The van der Waals surface area contributed by atoms with E-state index in [0.29, 0.717) is 12.1 Å². The summed E-state index contributed by atoms with van der Waals surface area (Å²) in [5.41, 5.74) is 0.518. The van der Waals surface area contributed by atoms with Gasteiger partial charge in [-0.3, -0.25) is 0 Å². The van der Waals surface area contributed by atoms with Crippen LogP contribution in [-0.2, 0) is 12.8 Å². The van der Waals surface area contributed by atoms with Gasteiger partial charge in [0.2, 0.25) is 0 Å². The molecule has 0 spiro atoms. The Morgan fingerprint density at radius 3 is 2.50 bits per heavy atom. The Labute approximate surface area is 84.1 Å². The van der Waals surface area contributed by atoms with Gasteiger partial charge in [-0.25, -0.2) is 9.97 Å². The van der Waals surface area contributed by atoms with Crippen molar-refractivity contribution < 1.29 is 13.2 Å². The second-order valence-corrected chi connectivity index (χ2v) is 3.13. The molecule has 78 valence electrons. The lowest BCUT2D eigenvalue weighted by molar-refractivity contribution is -0.128. The maximum atomic E-state index is 12.0. The molecule has 0 aliphatic rings. The molecule has 0 unspecified atom stereocenters. The number of aryl methyl sites for hydroxylation is 1. The van der Waals surface area contributed by atoms with Gasteiger partial charge in [0.1, 0.15) is 17.4 Å². The number of aromatic nitrogens is 2. The second kappa shape index (κ2) is 4.13. The van der Waals surface area contributed by atoms with Crippen molar-refractivity contribution in [2.24, 2.45) is 0 Å². The first kappa shape index (κ1) is 11.2. The van der Waals surface area contributed by atoms with Crippen LogP contribution in [0.1, 0.15) is 18.4 Å².